The number of nitrogens with zero attached hydrogens (tertiary/aromatic N) is 1. The molecule has 0 radical (unpaired) electrons. The van der Waals surface area contributed by atoms with E-state index in [1.165, 1.54) is 69.8 Å². The Kier molecular flexibility index (Phi) is 5.50. The molecule has 0 unspecified atom stereocenters. The van der Waals surface area contributed by atoms with Crippen LogP contribution in [0.15, 0.2) is 48.5 Å². The second kappa shape index (κ2) is 8.37. The maximum atomic E-state index is 4.97. The number of imidazole rings is 1. The molecule has 146 valence electrons. The lowest BCUT2D eigenvalue weighted by Gasteiger charge is -2.39. The quantitative estimate of drug-likeness (QED) is 0.477. The van der Waals surface area contributed by atoms with Gasteiger partial charge >= 0.3 is 0 Å². The molecule has 2 fully saturated rings. The van der Waals surface area contributed by atoms with E-state index in [0.717, 1.165) is 28.2 Å². The monoisotopic (exact) mass is 390 g/mol. The lowest BCUT2D eigenvalue weighted by molar-refractivity contribution is 0.487. The molecule has 2 aliphatic rings. The van der Waals surface area contributed by atoms with Gasteiger partial charge in [-0.1, -0.05) is 82.8 Å². The average Bonchev–Trinajstić information content (AvgIpc) is 3.20. The van der Waals surface area contributed by atoms with Gasteiger partial charge in [0.15, 0.2) is 0 Å². The average molecular weight is 391 g/mol. The zero-order valence-electron chi connectivity index (χ0n) is 16.7. The highest BCUT2D eigenvalue weighted by atomic mass is 31.1. The minimum atomic E-state index is -0.126. The number of aromatic amines is 1. The molecule has 1 aromatic heterocycles. The van der Waals surface area contributed by atoms with E-state index >= 15 is 0 Å². The van der Waals surface area contributed by atoms with Gasteiger partial charge in [0.1, 0.15) is 5.82 Å². The van der Waals surface area contributed by atoms with Gasteiger partial charge in [0.2, 0.25) is 0 Å². The topological polar surface area (TPSA) is 28.7 Å². The van der Waals surface area contributed by atoms with Crippen LogP contribution >= 0.6 is 7.92 Å². The number of fused-ring (bicyclic) bond motifs is 1. The van der Waals surface area contributed by atoms with Crippen molar-refractivity contribution in [1.29, 1.82) is 0 Å². The van der Waals surface area contributed by atoms with Crippen LogP contribution in [0.1, 0.15) is 64.2 Å². The molecular formula is C25H31N2P. The van der Waals surface area contributed by atoms with Gasteiger partial charge in [-0.3, -0.25) is 0 Å². The van der Waals surface area contributed by atoms with E-state index in [9.17, 15) is 0 Å². The van der Waals surface area contributed by atoms with Gasteiger partial charge in [-0.05, 0) is 54.4 Å². The van der Waals surface area contributed by atoms with E-state index < -0.39 is 0 Å². The molecule has 1 heterocycles. The van der Waals surface area contributed by atoms with E-state index in [1.54, 1.807) is 5.30 Å². The summed E-state index contributed by atoms with van der Waals surface area (Å²) in [5.74, 6) is 1.07. The Labute approximate surface area is 169 Å². The molecule has 5 rings (SSSR count). The zero-order valence-corrected chi connectivity index (χ0v) is 17.6. The lowest BCUT2D eigenvalue weighted by Crippen LogP contribution is -2.27. The summed E-state index contributed by atoms with van der Waals surface area (Å²) in [6.45, 7) is 0. The maximum absolute atomic E-state index is 4.97. The first-order chi connectivity index (χ1) is 13.9. The van der Waals surface area contributed by atoms with Crippen molar-refractivity contribution in [3.63, 3.8) is 0 Å². The minimum absolute atomic E-state index is 0.126. The van der Waals surface area contributed by atoms with E-state index in [4.69, 9.17) is 4.98 Å². The van der Waals surface area contributed by atoms with Crippen molar-refractivity contribution >= 4 is 24.3 Å². The molecule has 2 aliphatic carbocycles. The molecule has 0 bridgehead atoms. The van der Waals surface area contributed by atoms with Crippen LogP contribution in [0.3, 0.4) is 0 Å². The SMILES string of the molecule is c1ccc(P(C2CCCCC2)C2CCCCC2)c(-c2nc3ccccc3[nH]2)c1. The second-order valence-corrected chi connectivity index (χ2v) is 11.4. The van der Waals surface area contributed by atoms with Crippen LogP contribution in [0, 0.1) is 0 Å². The highest BCUT2D eigenvalue weighted by Crippen LogP contribution is 2.56. The number of rotatable bonds is 4. The van der Waals surface area contributed by atoms with Crippen LogP contribution in [-0.2, 0) is 0 Å². The smallest absolute Gasteiger partial charge is 0.139 e. The van der Waals surface area contributed by atoms with Crippen LogP contribution in [0.2, 0.25) is 0 Å². The molecule has 2 saturated carbocycles. The Morgan fingerprint density at radius 1 is 0.714 bits per heavy atom. The van der Waals surface area contributed by atoms with Crippen LogP contribution in [0.4, 0.5) is 0 Å². The number of H-pyrrole nitrogens is 1. The first kappa shape index (κ1) is 18.4. The Bertz CT molecular complexity index is 868. The van der Waals surface area contributed by atoms with Gasteiger partial charge in [0.05, 0.1) is 11.0 Å². The zero-order chi connectivity index (χ0) is 18.8. The normalized spacial score (nSPS) is 19.5. The standard InChI is InChI=1S/C25H31N2P/c1-3-11-19(12-4-1)28(20-13-5-2-6-14-20)24-18-10-7-15-21(24)25-26-22-16-8-9-17-23(22)27-25/h7-10,15-20H,1-6,11-14H2,(H,26,27). The summed E-state index contributed by atoms with van der Waals surface area (Å²) in [6, 6.07) is 17.6. The first-order valence-electron chi connectivity index (χ1n) is 11.2. The minimum Gasteiger partial charge on any atom is -0.338 e. The number of para-hydroxylation sites is 2. The van der Waals surface area contributed by atoms with Gasteiger partial charge < -0.3 is 4.98 Å². The highest BCUT2D eigenvalue weighted by molar-refractivity contribution is 7.67. The molecule has 0 atom stereocenters. The fourth-order valence-corrected chi connectivity index (χ4v) is 9.33. The summed E-state index contributed by atoms with van der Waals surface area (Å²) >= 11 is 0. The lowest BCUT2D eigenvalue weighted by atomic mass is 9.99. The summed E-state index contributed by atoms with van der Waals surface area (Å²) in [6.07, 6.45) is 14.4. The first-order valence-corrected chi connectivity index (χ1v) is 12.7. The Hall–Kier alpha value is -1.66. The van der Waals surface area contributed by atoms with Gasteiger partial charge in [0, 0.05) is 5.56 Å². The third-order valence-electron chi connectivity index (χ3n) is 6.76. The molecule has 1 N–H and O–H groups in total. The van der Waals surface area contributed by atoms with Crippen molar-refractivity contribution in [1.82, 2.24) is 9.97 Å². The number of nitrogens with one attached hydrogen (secondary N) is 1. The molecule has 2 aromatic carbocycles. The van der Waals surface area contributed by atoms with Crippen molar-refractivity contribution < 1.29 is 0 Å². The van der Waals surface area contributed by atoms with Gasteiger partial charge in [0.25, 0.3) is 0 Å². The van der Waals surface area contributed by atoms with Gasteiger partial charge in [-0.2, -0.15) is 0 Å². The van der Waals surface area contributed by atoms with Crippen LogP contribution in [0.5, 0.6) is 0 Å². The Morgan fingerprint density at radius 2 is 1.32 bits per heavy atom. The summed E-state index contributed by atoms with van der Waals surface area (Å²) in [7, 11) is -0.126. The Balaban J connectivity index is 1.58. The van der Waals surface area contributed by atoms with Crippen LogP contribution in [-0.4, -0.2) is 21.3 Å². The predicted octanol–water partition coefficient (Wildman–Crippen LogP) is 7.00. The van der Waals surface area contributed by atoms with Crippen molar-refractivity contribution in [3.8, 4) is 11.4 Å². The summed E-state index contributed by atoms with van der Waals surface area (Å²) in [5, 5.41) is 1.62. The number of hydrogen-bond donors (Lipinski definition) is 1. The van der Waals surface area contributed by atoms with E-state index in [0.29, 0.717) is 0 Å². The fraction of sp³-hybridized carbons (Fsp3) is 0.480. The predicted molar refractivity (Wildman–Crippen MR) is 122 cm³/mol. The molecule has 2 nitrogen and oxygen atoms in total. The second-order valence-electron chi connectivity index (χ2n) is 8.61. The molecule has 0 saturated heterocycles. The van der Waals surface area contributed by atoms with Crippen molar-refractivity contribution in [2.45, 2.75) is 75.5 Å². The summed E-state index contributed by atoms with van der Waals surface area (Å²) in [5.41, 5.74) is 5.41. The number of benzene rings is 2. The van der Waals surface area contributed by atoms with Gasteiger partial charge in [-0.25, -0.2) is 4.98 Å². The molecule has 28 heavy (non-hydrogen) atoms. The Morgan fingerprint density at radius 3 is 2.00 bits per heavy atom. The summed E-state index contributed by atoms with van der Waals surface area (Å²) < 4.78 is 0. The number of hydrogen-bond acceptors (Lipinski definition) is 1. The van der Waals surface area contributed by atoms with E-state index in [2.05, 4.69) is 53.5 Å². The molecule has 3 aromatic rings. The van der Waals surface area contributed by atoms with E-state index in [1.807, 2.05) is 0 Å². The molecular weight excluding hydrogens is 359 g/mol. The molecule has 0 aliphatic heterocycles. The maximum Gasteiger partial charge on any atom is 0.139 e. The fourth-order valence-electron chi connectivity index (χ4n) is 5.39. The highest BCUT2D eigenvalue weighted by Gasteiger charge is 2.33. The summed E-state index contributed by atoms with van der Waals surface area (Å²) in [4.78, 5) is 8.58. The van der Waals surface area contributed by atoms with Crippen molar-refractivity contribution in [3.05, 3.63) is 48.5 Å². The number of aromatic nitrogens is 2. The van der Waals surface area contributed by atoms with E-state index in [-0.39, 0.29) is 7.92 Å². The van der Waals surface area contributed by atoms with Crippen molar-refractivity contribution in [2.75, 3.05) is 0 Å². The molecule has 3 heteroatoms. The molecule has 0 amide bonds. The largest absolute Gasteiger partial charge is 0.338 e. The third-order valence-corrected chi connectivity index (χ3v) is 10.3. The van der Waals surface area contributed by atoms with Gasteiger partial charge in [-0.15, -0.1) is 0 Å². The van der Waals surface area contributed by atoms with Crippen LogP contribution < -0.4 is 5.30 Å². The third kappa shape index (κ3) is 3.64. The molecule has 0 spiro atoms. The van der Waals surface area contributed by atoms with Crippen LogP contribution in [0.25, 0.3) is 22.4 Å². The van der Waals surface area contributed by atoms with Crippen molar-refractivity contribution in [2.24, 2.45) is 0 Å².